The zero-order chi connectivity index (χ0) is 19.4. The maximum Gasteiger partial charge on any atom is 0.227 e. The van der Waals surface area contributed by atoms with E-state index in [0.29, 0.717) is 38.2 Å². The summed E-state index contributed by atoms with van der Waals surface area (Å²) in [4.78, 5) is 16.3. The first-order valence-electron chi connectivity index (χ1n) is 9.23. The zero-order valence-electron chi connectivity index (χ0n) is 17.2. The maximum atomic E-state index is 12.0. The monoisotopic (exact) mass is 490 g/mol. The van der Waals surface area contributed by atoms with Gasteiger partial charge in [-0.1, -0.05) is 37.3 Å². The second-order valence-corrected chi connectivity index (χ2v) is 7.16. The minimum absolute atomic E-state index is 0. The van der Waals surface area contributed by atoms with Crippen LogP contribution in [0.1, 0.15) is 33.3 Å². The number of carbonyl (C=O) groups is 1. The van der Waals surface area contributed by atoms with E-state index in [-0.39, 0.29) is 29.9 Å². The van der Waals surface area contributed by atoms with E-state index in [1.807, 2.05) is 39.0 Å². The summed E-state index contributed by atoms with van der Waals surface area (Å²) in [7, 11) is 1.73. The predicted molar refractivity (Wildman–Crippen MR) is 123 cm³/mol. The van der Waals surface area contributed by atoms with Gasteiger partial charge in [-0.05, 0) is 32.3 Å². The summed E-state index contributed by atoms with van der Waals surface area (Å²) >= 11 is 0. The predicted octanol–water partition coefficient (Wildman–Crippen LogP) is 2.78. The van der Waals surface area contributed by atoms with Gasteiger partial charge in [0.05, 0.1) is 18.6 Å². The molecule has 0 aromatic heterocycles. The van der Waals surface area contributed by atoms with Crippen LogP contribution in [0.2, 0.25) is 0 Å². The normalized spacial score (nSPS) is 12.7. The first kappa shape index (κ1) is 25.6. The van der Waals surface area contributed by atoms with Crippen LogP contribution in [0.15, 0.2) is 35.3 Å². The molecule has 0 fully saturated rings. The molecule has 0 spiro atoms. The first-order valence-corrected chi connectivity index (χ1v) is 9.23. The Kier molecular flexibility index (Phi) is 13.1. The number of nitrogens with zero attached hydrogens (tertiary/aromatic N) is 1. The summed E-state index contributed by atoms with van der Waals surface area (Å²) in [6.07, 6.45) is 0. The molecule has 0 bridgehead atoms. The maximum absolute atomic E-state index is 12.0. The molecule has 0 saturated heterocycles. The molecular weight excluding hydrogens is 455 g/mol. The van der Waals surface area contributed by atoms with Crippen LogP contribution in [0, 0.1) is 11.3 Å². The molecule has 1 amide bonds. The minimum atomic E-state index is -0.502. The van der Waals surface area contributed by atoms with E-state index in [2.05, 4.69) is 40.0 Å². The number of benzene rings is 1. The second-order valence-electron chi connectivity index (χ2n) is 7.16. The van der Waals surface area contributed by atoms with Gasteiger partial charge in [0.1, 0.15) is 0 Å². The van der Waals surface area contributed by atoms with Gasteiger partial charge in [-0.25, -0.2) is 0 Å². The third-order valence-corrected chi connectivity index (χ3v) is 4.01. The number of aliphatic imine (C=N–C) groups is 1. The summed E-state index contributed by atoms with van der Waals surface area (Å²) in [5.41, 5.74) is 0.677. The van der Waals surface area contributed by atoms with Gasteiger partial charge in [-0.3, -0.25) is 9.79 Å². The molecule has 0 saturated carbocycles. The molecule has 7 heteroatoms. The third kappa shape index (κ3) is 10.5. The van der Waals surface area contributed by atoms with Crippen LogP contribution in [-0.2, 0) is 16.1 Å². The fourth-order valence-corrected chi connectivity index (χ4v) is 2.29. The Bertz CT molecular complexity index is 564. The highest BCUT2D eigenvalue weighted by molar-refractivity contribution is 14.0. The lowest BCUT2D eigenvalue weighted by Crippen LogP contribution is -2.48. The van der Waals surface area contributed by atoms with E-state index in [4.69, 9.17) is 4.74 Å². The molecular formula is C20H35IN4O2. The second kappa shape index (κ2) is 13.8. The van der Waals surface area contributed by atoms with Gasteiger partial charge in [0.2, 0.25) is 5.91 Å². The summed E-state index contributed by atoms with van der Waals surface area (Å²) < 4.78 is 5.77. The van der Waals surface area contributed by atoms with E-state index < -0.39 is 5.41 Å². The molecule has 1 aromatic rings. The molecule has 27 heavy (non-hydrogen) atoms. The number of hydrogen-bond donors (Lipinski definition) is 3. The zero-order valence-corrected chi connectivity index (χ0v) is 19.5. The average molecular weight is 490 g/mol. The van der Waals surface area contributed by atoms with Gasteiger partial charge in [0, 0.05) is 26.7 Å². The van der Waals surface area contributed by atoms with Gasteiger partial charge in [0.15, 0.2) is 5.96 Å². The molecule has 3 N–H and O–H groups in total. The highest BCUT2D eigenvalue weighted by Crippen LogP contribution is 2.13. The van der Waals surface area contributed by atoms with Gasteiger partial charge < -0.3 is 20.7 Å². The Balaban J connectivity index is 0.00000676. The average Bonchev–Trinajstić information content (AvgIpc) is 2.63. The lowest BCUT2D eigenvalue weighted by molar-refractivity contribution is -0.128. The van der Waals surface area contributed by atoms with Crippen molar-refractivity contribution < 1.29 is 9.53 Å². The summed E-state index contributed by atoms with van der Waals surface area (Å²) in [6.45, 7) is 11.1. The number of rotatable bonds is 10. The lowest BCUT2D eigenvalue weighted by Gasteiger charge is -2.25. The molecule has 0 aliphatic heterocycles. The summed E-state index contributed by atoms with van der Waals surface area (Å²) in [5, 5.41) is 9.37. The van der Waals surface area contributed by atoms with E-state index in [0.717, 1.165) is 6.54 Å². The number of halogens is 1. The van der Waals surface area contributed by atoms with Crippen molar-refractivity contribution in [2.45, 2.75) is 34.3 Å². The summed E-state index contributed by atoms with van der Waals surface area (Å²) in [6, 6.07) is 10.2. The molecule has 1 rings (SSSR count). The topological polar surface area (TPSA) is 74.8 Å². The van der Waals surface area contributed by atoms with Crippen molar-refractivity contribution in [3.05, 3.63) is 35.9 Å². The van der Waals surface area contributed by atoms with Crippen LogP contribution < -0.4 is 16.0 Å². The molecule has 1 aromatic carbocycles. The molecule has 1 unspecified atom stereocenters. The van der Waals surface area contributed by atoms with E-state index in [1.165, 1.54) is 5.56 Å². The standard InChI is InChI=1S/C20H34N4O2.HI/c1-6-22-18(25)20(3,4)15-24-19(21-5)23-12-16(2)13-26-14-17-10-8-7-9-11-17;/h7-11,16H,6,12-15H2,1-5H3,(H,22,25)(H2,21,23,24);1H. The quantitative estimate of drug-likeness (QED) is 0.268. The van der Waals surface area contributed by atoms with Gasteiger partial charge >= 0.3 is 0 Å². The van der Waals surface area contributed by atoms with Crippen LogP contribution in [0.5, 0.6) is 0 Å². The third-order valence-electron chi connectivity index (χ3n) is 4.01. The molecule has 1 atom stereocenters. The van der Waals surface area contributed by atoms with Crippen LogP contribution in [0.25, 0.3) is 0 Å². The number of hydrogen-bond acceptors (Lipinski definition) is 3. The Hall–Kier alpha value is -1.35. The van der Waals surface area contributed by atoms with Crippen molar-refractivity contribution in [1.29, 1.82) is 0 Å². The van der Waals surface area contributed by atoms with Crippen LogP contribution in [-0.4, -0.2) is 45.2 Å². The molecule has 154 valence electrons. The van der Waals surface area contributed by atoms with Crippen LogP contribution in [0.3, 0.4) is 0 Å². The molecule has 6 nitrogen and oxygen atoms in total. The Labute approximate surface area is 181 Å². The number of guanidine groups is 1. The summed E-state index contributed by atoms with van der Waals surface area (Å²) in [5.74, 6) is 1.07. The Morgan fingerprint density at radius 3 is 2.44 bits per heavy atom. The van der Waals surface area contributed by atoms with E-state index in [1.54, 1.807) is 7.05 Å². The molecule has 0 heterocycles. The van der Waals surface area contributed by atoms with Gasteiger partial charge in [-0.2, -0.15) is 0 Å². The Morgan fingerprint density at radius 2 is 1.85 bits per heavy atom. The van der Waals surface area contributed by atoms with Crippen molar-refractivity contribution in [2.75, 3.05) is 33.3 Å². The van der Waals surface area contributed by atoms with E-state index in [9.17, 15) is 4.79 Å². The van der Waals surface area contributed by atoms with Crippen molar-refractivity contribution >= 4 is 35.8 Å². The fraction of sp³-hybridized carbons (Fsp3) is 0.600. The number of nitrogens with one attached hydrogen (secondary N) is 3. The van der Waals surface area contributed by atoms with Crippen molar-refractivity contribution in [1.82, 2.24) is 16.0 Å². The van der Waals surface area contributed by atoms with Crippen molar-refractivity contribution in [3.63, 3.8) is 0 Å². The molecule has 0 aliphatic carbocycles. The first-order chi connectivity index (χ1) is 12.4. The molecule has 0 radical (unpaired) electrons. The SMILES string of the molecule is CCNC(=O)C(C)(C)CNC(=NC)NCC(C)COCc1ccccc1.I. The Morgan fingerprint density at radius 1 is 1.19 bits per heavy atom. The van der Waals surface area contributed by atoms with Crippen molar-refractivity contribution in [3.8, 4) is 0 Å². The number of ether oxygens (including phenoxy) is 1. The largest absolute Gasteiger partial charge is 0.376 e. The number of carbonyl (C=O) groups excluding carboxylic acids is 1. The highest BCUT2D eigenvalue weighted by Gasteiger charge is 2.27. The fourth-order valence-electron chi connectivity index (χ4n) is 2.29. The smallest absolute Gasteiger partial charge is 0.227 e. The molecule has 0 aliphatic rings. The van der Waals surface area contributed by atoms with Crippen LogP contribution >= 0.6 is 24.0 Å². The van der Waals surface area contributed by atoms with Gasteiger partial charge in [0.25, 0.3) is 0 Å². The minimum Gasteiger partial charge on any atom is -0.376 e. The van der Waals surface area contributed by atoms with E-state index >= 15 is 0 Å². The highest BCUT2D eigenvalue weighted by atomic mass is 127. The van der Waals surface area contributed by atoms with Crippen molar-refractivity contribution in [2.24, 2.45) is 16.3 Å². The lowest BCUT2D eigenvalue weighted by atomic mass is 9.92. The number of amides is 1. The van der Waals surface area contributed by atoms with Crippen LogP contribution in [0.4, 0.5) is 0 Å². The van der Waals surface area contributed by atoms with Gasteiger partial charge in [-0.15, -0.1) is 24.0 Å².